The van der Waals surface area contributed by atoms with Crippen LogP contribution in [0.1, 0.15) is 51.2 Å². The fourth-order valence-corrected chi connectivity index (χ4v) is 6.21. The zero-order valence-corrected chi connectivity index (χ0v) is 24.2. The molecule has 0 aliphatic carbocycles. The molecule has 40 heavy (non-hydrogen) atoms. The average molecular weight is 572 g/mol. The lowest BCUT2D eigenvalue weighted by Gasteiger charge is -2.35. The van der Waals surface area contributed by atoms with Gasteiger partial charge in [-0.15, -0.1) is 0 Å². The van der Waals surface area contributed by atoms with Crippen molar-refractivity contribution in [2.45, 2.75) is 65.2 Å². The highest BCUT2D eigenvalue weighted by atomic mass is 31.2. The molecule has 0 saturated carbocycles. The van der Waals surface area contributed by atoms with Gasteiger partial charge in [-0.05, 0) is 39.8 Å². The number of halogens is 1. The topological polar surface area (TPSA) is 108 Å². The first kappa shape index (κ1) is 29.9. The van der Waals surface area contributed by atoms with Gasteiger partial charge in [-0.1, -0.05) is 25.1 Å². The first-order chi connectivity index (χ1) is 19.2. The first-order valence-electron chi connectivity index (χ1n) is 13.2. The number of hydrogen-bond donors (Lipinski definition) is 1. The second-order valence-corrected chi connectivity index (χ2v) is 11.5. The number of anilines is 1. The number of hydrogen-bond acceptors (Lipinski definition) is 8. The molecule has 1 N–H and O–H groups in total. The van der Waals surface area contributed by atoms with Crippen LogP contribution in [0.25, 0.3) is 16.0 Å². The van der Waals surface area contributed by atoms with Gasteiger partial charge in [0, 0.05) is 23.6 Å². The summed E-state index contributed by atoms with van der Waals surface area (Å²) in [7, 11) is -1.48. The van der Waals surface area contributed by atoms with Crippen LogP contribution in [0.2, 0.25) is 0 Å². The van der Waals surface area contributed by atoms with E-state index in [1.165, 1.54) is 17.2 Å². The standard InChI is InChI=1S/C27H35FN7O4P/c1-17(2)35(18(3)4)40(37-13-12-29-6)38-14-21-19(5)22(28)27(39-21)34-16-32-23-24(30-15-31-25(23)34)33-26(36)20-10-8-7-9-11-20/h7-11,15-19,21-22,27H,12-14H2,1-5H3,(H,30,31,33,36)/t19?,21-,22+,27-,40?/m1/s1. The monoisotopic (exact) mass is 571 g/mol. The van der Waals surface area contributed by atoms with Crippen LogP contribution in [-0.4, -0.2) is 74.2 Å². The Labute approximate surface area is 234 Å². The quantitative estimate of drug-likeness (QED) is 0.179. The molecule has 3 aromatic rings. The van der Waals surface area contributed by atoms with Crippen molar-refractivity contribution in [1.29, 1.82) is 0 Å². The van der Waals surface area contributed by atoms with Crippen LogP contribution in [0, 0.1) is 12.5 Å². The number of nitrogens with zero attached hydrogens (tertiary/aromatic N) is 6. The van der Waals surface area contributed by atoms with E-state index < -0.39 is 32.9 Å². The molecule has 0 bridgehead atoms. The number of amides is 1. The Kier molecular flexibility index (Phi) is 10.1. The molecule has 0 radical (unpaired) electrons. The highest BCUT2D eigenvalue weighted by molar-refractivity contribution is 7.44. The number of nitrogens with one attached hydrogen (secondary N) is 1. The second-order valence-electron chi connectivity index (χ2n) is 10.1. The third-order valence-electron chi connectivity index (χ3n) is 6.58. The molecule has 2 aromatic heterocycles. The minimum absolute atomic E-state index is 0.123. The Balaban J connectivity index is 1.49. The Morgan fingerprint density at radius 2 is 1.93 bits per heavy atom. The smallest absolute Gasteiger partial charge is 0.259 e. The molecule has 4 rings (SSSR count). The summed E-state index contributed by atoms with van der Waals surface area (Å²) in [4.78, 5) is 28.9. The average Bonchev–Trinajstić information content (AvgIpc) is 3.48. The van der Waals surface area contributed by atoms with Crippen molar-refractivity contribution in [1.82, 2.24) is 24.2 Å². The highest BCUT2D eigenvalue weighted by Crippen LogP contribution is 2.47. The van der Waals surface area contributed by atoms with Gasteiger partial charge in [0.15, 0.2) is 29.4 Å². The van der Waals surface area contributed by atoms with Gasteiger partial charge in [0.05, 0.1) is 19.0 Å². The number of carbonyl (C=O) groups excluding carboxylic acids is 1. The molecule has 5 atom stereocenters. The maximum atomic E-state index is 15.6. The molecule has 1 saturated heterocycles. The maximum Gasteiger partial charge on any atom is 0.259 e. The minimum Gasteiger partial charge on any atom is -0.349 e. The Bertz CT molecular complexity index is 1310. The molecule has 11 nitrogen and oxygen atoms in total. The van der Waals surface area contributed by atoms with Gasteiger partial charge >= 0.3 is 0 Å². The molecule has 1 aromatic carbocycles. The summed E-state index contributed by atoms with van der Waals surface area (Å²) >= 11 is 0. The summed E-state index contributed by atoms with van der Waals surface area (Å²) in [6.45, 7) is 17.7. The lowest BCUT2D eigenvalue weighted by molar-refractivity contribution is -0.0358. The second kappa shape index (κ2) is 13.5. The van der Waals surface area contributed by atoms with Crippen molar-refractivity contribution in [2.75, 3.05) is 25.1 Å². The number of ether oxygens (including phenoxy) is 1. The fraction of sp³-hybridized carbons (Fsp3) is 0.519. The van der Waals surface area contributed by atoms with E-state index in [1.54, 1.807) is 31.2 Å². The van der Waals surface area contributed by atoms with Gasteiger partial charge in [0.25, 0.3) is 14.4 Å². The summed E-state index contributed by atoms with van der Waals surface area (Å²) in [5, 5.41) is 2.76. The number of imidazole rings is 1. The van der Waals surface area contributed by atoms with Crippen molar-refractivity contribution < 1.29 is 23.0 Å². The van der Waals surface area contributed by atoms with Crippen molar-refractivity contribution in [2.24, 2.45) is 5.92 Å². The molecular formula is C27H35FN7O4P. The Morgan fingerprint density at radius 3 is 2.60 bits per heavy atom. The van der Waals surface area contributed by atoms with E-state index in [4.69, 9.17) is 20.4 Å². The molecule has 3 heterocycles. The molecule has 1 aliphatic heterocycles. The predicted molar refractivity (Wildman–Crippen MR) is 150 cm³/mol. The van der Waals surface area contributed by atoms with Crippen molar-refractivity contribution in [3.8, 4) is 0 Å². The number of benzene rings is 1. The van der Waals surface area contributed by atoms with Crippen LogP contribution in [0.5, 0.6) is 0 Å². The van der Waals surface area contributed by atoms with Gasteiger partial charge in [-0.2, -0.15) is 0 Å². The summed E-state index contributed by atoms with van der Waals surface area (Å²) in [5.41, 5.74) is 1.14. The number of carbonyl (C=O) groups is 1. The fourth-order valence-electron chi connectivity index (χ4n) is 4.60. The predicted octanol–water partition coefficient (Wildman–Crippen LogP) is 5.25. The summed E-state index contributed by atoms with van der Waals surface area (Å²) in [5.74, 6) is -0.592. The van der Waals surface area contributed by atoms with E-state index in [0.29, 0.717) is 16.7 Å². The third-order valence-corrected chi connectivity index (χ3v) is 8.65. The van der Waals surface area contributed by atoms with E-state index in [2.05, 4.69) is 57.5 Å². The van der Waals surface area contributed by atoms with E-state index in [9.17, 15) is 4.79 Å². The molecule has 1 amide bonds. The van der Waals surface area contributed by atoms with E-state index in [1.807, 2.05) is 6.07 Å². The molecule has 1 aliphatic rings. The largest absolute Gasteiger partial charge is 0.349 e. The Morgan fingerprint density at radius 1 is 1.20 bits per heavy atom. The van der Waals surface area contributed by atoms with Crippen LogP contribution in [-0.2, 0) is 13.8 Å². The van der Waals surface area contributed by atoms with Crippen LogP contribution in [0.15, 0.2) is 43.0 Å². The summed E-state index contributed by atoms with van der Waals surface area (Å²) in [6, 6.07) is 9.05. The van der Waals surface area contributed by atoms with Crippen molar-refractivity contribution in [3.05, 3.63) is 60.0 Å². The molecule has 2 unspecified atom stereocenters. The lowest BCUT2D eigenvalue weighted by atomic mass is 10.0. The molecule has 1 fully saturated rings. The van der Waals surface area contributed by atoms with Gasteiger partial charge in [-0.3, -0.25) is 9.36 Å². The van der Waals surface area contributed by atoms with Crippen LogP contribution in [0.3, 0.4) is 0 Å². The highest BCUT2D eigenvalue weighted by Gasteiger charge is 2.45. The van der Waals surface area contributed by atoms with E-state index >= 15 is 4.39 Å². The molecule has 0 spiro atoms. The Hall–Kier alpha value is -3.07. The SMILES string of the molecule is [C-]#[N+]CCOP(OC[C@H]1O[C@@H](n2cnc3c(NC(=O)c4ccccc4)ncnc32)[C@@H](F)C1C)N(C(C)C)C(C)C. The van der Waals surface area contributed by atoms with Crippen LogP contribution >= 0.6 is 8.53 Å². The van der Waals surface area contributed by atoms with E-state index in [-0.39, 0.29) is 43.6 Å². The van der Waals surface area contributed by atoms with Crippen LogP contribution < -0.4 is 5.32 Å². The number of fused-ring (bicyclic) bond motifs is 1. The lowest BCUT2D eigenvalue weighted by Crippen LogP contribution is -2.35. The summed E-state index contributed by atoms with van der Waals surface area (Å²) < 4.78 is 37.6. The zero-order valence-electron chi connectivity index (χ0n) is 23.3. The van der Waals surface area contributed by atoms with Gasteiger partial charge in [-0.25, -0.2) is 30.6 Å². The summed E-state index contributed by atoms with van der Waals surface area (Å²) in [6.07, 6.45) is -0.143. The third kappa shape index (κ3) is 6.62. The minimum atomic E-state index is -1.48. The zero-order chi connectivity index (χ0) is 28.8. The van der Waals surface area contributed by atoms with Crippen LogP contribution in [0.4, 0.5) is 10.2 Å². The molecule has 214 valence electrons. The van der Waals surface area contributed by atoms with Gasteiger partial charge in [0.1, 0.15) is 12.9 Å². The van der Waals surface area contributed by atoms with Crippen molar-refractivity contribution >= 4 is 31.4 Å². The number of alkyl halides is 1. The van der Waals surface area contributed by atoms with Gasteiger partial charge in [0.2, 0.25) is 6.54 Å². The number of rotatable bonds is 12. The van der Waals surface area contributed by atoms with Gasteiger partial charge < -0.3 is 23.9 Å². The maximum absolute atomic E-state index is 15.6. The molecular weight excluding hydrogens is 536 g/mol. The number of aromatic nitrogens is 4. The molecule has 13 heteroatoms. The van der Waals surface area contributed by atoms with E-state index in [0.717, 1.165) is 0 Å². The first-order valence-corrected chi connectivity index (χ1v) is 14.4. The van der Waals surface area contributed by atoms with Crippen molar-refractivity contribution in [3.63, 3.8) is 0 Å². The normalized spacial score (nSPS) is 21.8.